The third kappa shape index (κ3) is 8.01. The molecule has 8 nitrogen and oxygen atoms in total. The van der Waals surface area contributed by atoms with Gasteiger partial charge in [0.1, 0.15) is 5.82 Å². The smallest absolute Gasteiger partial charge is 0.475 e. The second-order valence-electron chi connectivity index (χ2n) is 7.31. The van der Waals surface area contributed by atoms with Crippen LogP contribution in [0.2, 0.25) is 0 Å². The molecular formula is C22H24F3N5O3. The molecule has 33 heavy (non-hydrogen) atoms. The zero-order valence-corrected chi connectivity index (χ0v) is 18.3. The van der Waals surface area contributed by atoms with Crippen LogP contribution >= 0.6 is 0 Å². The van der Waals surface area contributed by atoms with E-state index in [0.717, 1.165) is 29.0 Å². The number of nitrogens with zero attached hydrogens (tertiary/aromatic N) is 4. The Morgan fingerprint density at radius 1 is 1.21 bits per heavy atom. The highest BCUT2D eigenvalue weighted by Crippen LogP contribution is 2.14. The third-order valence-corrected chi connectivity index (χ3v) is 4.43. The zero-order valence-electron chi connectivity index (χ0n) is 18.3. The molecule has 0 radical (unpaired) electrons. The number of aromatic nitrogens is 3. The Hall–Kier alpha value is -3.78. The van der Waals surface area contributed by atoms with Crippen molar-refractivity contribution < 1.29 is 27.9 Å². The van der Waals surface area contributed by atoms with Crippen molar-refractivity contribution in [3.8, 4) is 11.8 Å². The highest BCUT2D eigenvalue weighted by Gasteiger charge is 2.38. The van der Waals surface area contributed by atoms with E-state index in [1.807, 2.05) is 67.1 Å². The van der Waals surface area contributed by atoms with E-state index in [0.29, 0.717) is 13.1 Å². The van der Waals surface area contributed by atoms with E-state index < -0.39 is 12.1 Å². The Labute approximate surface area is 188 Å². The number of carbonyl (C=O) groups excluding carboxylic acids is 1. The van der Waals surface area contributed by atoms with Crippen molar-refractivity contribution in [2.45, 2.75) is 12.7 Å². The molecule has 0 fully saturated rings. The quantitative estimate of drug-likeness (QED) is 0.567. The number of aryl methyl sites for hydroxylation is 1. The molecule has 0 bridgehead atoms. The van der Waals surface area contributed by atoms with Crippen molar-refractivity contribution in [3.05, 3.63) is 54.2 Å². The molecular weight excluding hydrogens is 439 g/mol. The van der Waals surface area contributed by atoms with Gasteiger partial charge in [-0.1, -0.05) is 18.2 Å². The number of hydrogen-bond acceptors (Lipinski definition) is 4. The van der Waals surface area contributed by atoms with Crippen LogP contribution in [0.15, 0.2) is 42.7 Å². The summed E-state index contributed by atoms with van der Waals surface area (Å²) < 4.78 is 33.7. The first kappa shape index (κ1) is 25.5. The van der Waals surface area contributed by atoms with Gasteiger partial charge in [-0.25, -0.2) is 9.78 Å². The normalized spacial score (nSPS) is 10.9. The van der Waals surface area contributed by atoms with Crippen molar-refractivity contribution >= 4 is 22.8 Å². The Morgan fingerprint density at radius 2 is 1.88 bits per heavy atom. The number of aromatic amines is 1. The van der Waals surface area contributed by atoms with Gasteiger partial charge >= 0.3 is 12.1 Å². The van der Waals surface area contributed by atoms with Gasteiger partial charge in [-0.2, -0.15) is 13.2 Å². The van der Waals surface area contributed by atoms with E-state index in [4.69, 9.17) is 9.90 Å². The molecule has 0 spiro atoms. The Bertz CT molecular complexity index is 1120. The molecule has 1 aromatic carbocycles. The highest BCUT2D eigenvalue weighted by atomic mass is 19.4. The van der Waals surface area contributed by atoms with Gasteiger partial charge in [0, 0.05) is 49.4 Å². The lowest BCUT2D eigenvalue weighted by Crippen LogP contribution is -2.36. The number of carbonyl (C=O) groups is 2. The number of carboxylic acid groups (broad SMARTS) is 1. The van der Waals surface area contributed by atoms with Crippen molar-refractivity contribution in [2.75, 3.05) is 27.2 Å². The predicted molar refractivity (Wildman–Crippen MR) is 116 cm³/mol. The summed E-state index contributed by atoms with van der Waals surface area (Å²) >= 11 is 0. The second-order valence-corrected chi connectivity index (χ2v) is 7.31. The van der Waals surface area contributed by atoms with Crippen LogP contribution in [-0.4, -0.2) is 74.7 Å². The molecule has 3 aromatic rings. The standard InChI is InChI=1S/C20H23N5O.C2HF3O2/c1-23(2)12-13-25(15-19-21-10-11-24(19)3)20(26)9-8-17-14-16-6-4-5-7-18(16)22-17;3-2(4,5)1(6)7/h4-7,10-11,14,22H,12-13,15H2,1-3H3;(H,6,7). The Morgan fingerprint density at radius 3 is 2.42 bits per heavy atom. The molecule has 2 N–H and O–H groups in total. The van der Waals surface area contributed by atoms with Crippen molar-refractivity contribution in [1.29, 1.82) is 0 Å². The third-order valence-electron chi connectivity index (χ3n) is 4.43. The maximum absolute atomic E-state index is 12.7. The average molecular weight is 463 g/mol. The summed E-state index contributed by atoms with van der Waals surface area (Å²) in [4.78, 5) is 32.9. The van der Waals surface area contributed by atoms with Gasteiger partial charge in [0.15, 0.2) is 0 Å². The number of nitrogens with one attached hydrogen (secondary N) is 1. The zero-order chi connectivity index (χ0) is 24.6. The number of likely N-dealkylation sites (N-methyl/N-ethyl adjacent to an activating group) is 1. The first-order valence-corrected chi connectivity index (χ1v) is 9.77. The van der Waals surface area contributed by atoms with Crippen LogP contribution in [0, 0.1) is 11.8 Å². The number of para-hydroxylation sites is 1. The molecule has 1 amide bonds. The summed E-state index contributed by atoms with van der Waals surface area (Å²) in [5, 5.41) is 8.21. The molecule has 0 saturated heterocycles. The number of amides is 1. The van der Waals surface area contributed by atoms with E-state index in [9.17, 15) is 18.0 Å². The number of alkyl halides is 3. The number of fused-ring (bicyclic) bond motifs is 1. The van der Waals surface area contributed by atoms with Crippen LogP contribution < -0.4 is 0 Å². The number of halogens is 3. The average Bonchev–Trinajstić information content (AvgIpc) is 3.34. The fraction of sp³-hybridized carbons (Fsp3) is 0.318. The summed E-state index contributed by atoms with van der Waals surface area (Å²) in [6.45, 7) is 1.81. The summed E-state index contributed by atoms with van der Waals surface area (Å²) in [5.41, 5.74) is 1.76. The first-order chi connectivity index (χ1) is 15.5. The SMILES string of the molecule is CN(C)CCN(Cc1nccn1C)C(=O)C#Cc1cc2ccccc2[nH]1.O=C(O)C(F)(F)F. The molecule has 11 heteroatoms. The van der Waals surface area contributed by atoms with Gasteiger partial charge in [0.2, 0.25) is 0 Å². The number of aliphatic carboxylic acids is 1. The number of rotatable bonds is 5. The number of benzene rings is 1. The molecule has 2 heterocycles. The lowest BCUT2D eigenvalue weighted by atomic mass is 10.2. The monoisotopic (exact) mass is 463 g/mol. The second kappa shape index (κ2) is 11.2. The van der Waals surface area contributed by atoms with E-state index in [1.165, 1.54) is 0 Å². The number of H-pyrrole nitrogens is 1. The van der Waals surface area contributed by atoms with Crippen LogP contribution in [0.25, 0.3) is 10.9 Å². The molecule has 0 saturated carbocycles. The number of hydrogen-bond donors (Lipinski definition) is 2. The van der Waals surface area contributed by atoms with E-state index in [2.05, 4.69) is 21.8 Å². The van der Waals surface area contributed by atoms with E-state index in [1.54, 1.807) is 11.1 Å². The molecule has 0 aliphatic carbocycles. The van der Waals surface area contributed by atoms with Crippen LogP contribution in [0.1, 0.15) is 11.5 Å². The maximum atomic E-state index is 12.7. The van der Waals surface area contributed by atoms with Crippen LogP contribution in [0.3, 0.4) is 0 Å². The molecule has 0 atom stereocenters. The van der Waals surface area contributed by atoms with Gasteiger partial charge < -0.3 is 24.5 Å². The van der Waals surface area contributed by atoms with E-state index in [-0.39, 0.29) is 5.91 Å². The van der Waals surface area contributed by atoms with Crippen molar-refractivity contribution in [2.24, 2.45) is 7.05 Å². The van der Waals surface area contributed by atoms with Crippen molar-refractivity contribution in [1.82, 2.24) is 24.3 Å². The molecule has 0 aliphatic heterocycles. The molecule has 3 rings (SSSR count). The van der Waals surface area contributed by atoms with Gasteiger partial charge in [-0.3, -0.25) is 4.79 Å². The topological polar surface area (TPSA) is 94.5 Å². The largest absolute Gasteiger partial charge is 0.490 e. The predicted octanol–water partition coefficient (Wildman–Crippen LogP) is 2.48. The lowest BCUT2D eigenvalue weighted by molar-refractivity contribution is -0.192. The molecule has 176 valence electrons. The Balaban J connectivity index is 0.000000479. The maximum Gasteiger partial charge on any atom is 0.490 e. The summed E-state index contributed by atoms with van der Waals surface area (Å²) in [6.07, 6.45) is -1.47. The van der Waals surface area contributed by atoms with Gasteiger partial charge in [-0.05, 0) is 32.1 Å². The summed E-state index contributed by atoms with van der Waals surface area (Å²) in [7, 11) is 5.90. The molecule has 0 unspecified atom stereocenters. The first-order valence-electron chi connectivity index (χ1n) is 9.77. The van der Waals surface area contributed by atoms with E-state index >= 15 is 0 Å². The van der Waals surface area contributed by atoms with Gasteiger partial charge in [0.25, 0.3) is 5.91 Å². The number of carboxylic acids is 1. The summed E-state index contributed by atoms with van der Waals surface area (Å²) in [6, 6.07) is 9.92. The summed E-state index contributed by atoms with van der Waals surface area (Å²) in [5.74, 6) is 3.60. The highest BCUT2D eigenvalue weighted by molar-refractivity contribution is 5.94. The van der Waals surface area contributed by atoms with Gasteiger partial charge in [0.05, 0.1) is 12.2 Å². The number of imidazole rings is 1. The minimum atomic E-state index is -5.08. The molecule has 0 aliphatic rings. The molecule has 2 aromatic heterocycles. The van der Waals surface area contributed by atoms with Gasteiger partial charge in [-0.15, -0.1) is 0 Å². The lowest BCUT2D eigenvalue weighted by Gasteiger charge is -2.22. The fourth-order valence-electron chi connectivity index (χ4n) is 2.63. The fourth-order valence-corrected chi connectivity index (χ4v) is 2.63. The Kier molecular flexibility index (Phi) is 8.64. The van der Waals surface area contributed by atoms with Crippen LogP contribution in [0.5, 0.6) is 0 Å². The minimum Gasteiger partial charge on any atom is -0.475 e. The van der Waals surface area contributed by atoms with Crippen LogP contribution in [-0.2, 0) is 23.2 Å². The van der Waals surface area contributed by atoms with Crippen LogP contribution in [0.4, 0.5) is 13.2 Å². The van der Waals surface area contributed by atoms with Crippen molar-refractivity contribution in [3.63, 3.8) is 0 Å². The minimum absolute atomic E-state index is 0.200.